The molecule has 0 aliphatic heterocycles. The largest absolute Gasteiger partial charge is 0.481 e. The third-order valence-electron chi connectivity index (χ3n) is 3.00. The number of aliphatic carboxylic acids is 1. The van der Waals surface area contributed by atoms with E-state index in [1.807, 2.05) is 0 Å². The number of carbonyl (C=O) groups is 1. The van der Waals surface area contributed by atoms with Crippen LogP contribution in [0.2, 0.25) is 0 Å². The average molecular weight is 255 g/mol. The van der Waals surface area contributed by atoms with Gasteiger partial charge in [-0.25, -0.2) is 0 Å². The van der Waals surface area contributed by atoms with Crippen LogP contribution in [0.1, 0.15) is 50.9 Å². The summed E-state index contributed by atoms with van der Waals surface area (Å²) in [4.78, 5) is 10.6. The molecular weight excluding hydrogens is 238 g/mol. The van der Waals surface area contributed by atoms with Crippen LogP contribution in [0.15, 0.2) is 5.16 Å². The molecular formula is C11H17N3O2S. The molecule has 1 heterocycles. The van der Waals surface area contributed by atoms with Crippen molar-refractivity contribution in [1.29, 1.82) is 0 Å². The Morgan fingerprint density at radius 3 is 2.71 bits per heavy atom. The number of hydrogen-bond acceptors (Lipinski definition) is 4. The third-order valence-corrected chi connectivity index (χ3v) is 3.93. The average Bonchev–Trinajstić information content (AvgIpc) is 2.55. The molecule has 0 aromatic carbocycles. The molecule has 0 unspecified atom stereocenters. The van der Waals surface area contributed by atoms with Gasteiger partial charge >= 0.3 is 5.97 Å². The first-order valence-corrected chi connectivity index (χ1v) is 6.87. The van der Waals surface area contributed by atoms with Crippen molar-refractivity contribution < 1.29 is 9.90 Å². The molecule has 0 spiro atoms. The van der Waals surface area contributed by atoms with E-state index in [4.69, 9.17) is 5.11 Å². The zero-order valence-electron chi connectivity index (χ0n) is 10.1. The monoisotopic (exact) mass is 255 g/mol. The van der Waals surface area contributed by atoms with Gasteiger partial charge in [0, 0.05) is 12.0 Å². The Morgan fingerprint density at radius 2 is 2.24 bits per heavy atom. The van der Waals surface area contributed by atoms with Crippen LogP contribution in [0.5, 0.6) is 0 Å². The van der Waals surface area contributed by atoms with Gasteiger partial charge in [-0.3, -0.25) is 4.79 Å². The zero-order valence-corrected chi connectivity index (χ0v) is 10.9. The number of thioether (sulfide) groups is 1. The van der Waals surface area contributed by atoms with E-state index in [9.17, 15) is 4.79 Å². The minimum absolute atomic E-state index is 0.0372. The Labute approximate surface area is 105 Å². The summed E-state index contributed by atoms with van der Waals surface area (Å²) >= 11 is 1.25. The first-order chi connectivity index (χ1) is 8.09. The van der Waals surface area contributed by atoms with Gasteiger partial charge in [-0.05, 0) is 26.7 Å². The van der Waals surface area contributed by atoms with Crippen molar-refractivity contribution in [1.82, 2.24) is 14.8 Å². The quantitative estimate of drug-likeness (QED) is 0.818. The van der Waals surface area contributed by atoms with Crippen LogP contribution in [0.4, 0.5) is 0 Å². The molecule has 1 N–H and O–H groups in total. The number of nitrogens with zero attached hydrogens (tertiary/aromatic N) is 3. The van der Waals surface area contributed by atoms with Gasteiger partial charge in [0.25, 0.3) is 0 Å². The lowest BCUT2D eigenvalue weighted by Crippen LogP contribution is -2.17. The first kappa shape index (κ1) is 12.4. The van der Waals surface area contributed by atoms with E-state index in [1.54, 1.807) is 0 Å². The minimum Gasteiger partial charge on any atom is -0.481 e. The normalized spacial score (nSPS) is 16.2. The maximum absolute atomic E-state index is 10.6. The SMILES string of the molecule is CC(C)n1c(SCC(=O)O)nnc1C1CCC1. The van der Waals surface area contributed by atoms with Crippen molar-refractivity contribution in [2.24, 2.45) is 0 Å². The molecule has 0 saturated heterocycles. The van der Waals surface area contributed by atoms with Crippen LogP contribution >= 0.6 is 11.8 Å². The molecule has 0 radical (unpaired) electrons. The summed E-state index contributed by atoms with van der Waals surface area (Å²) in [6, 6.07) is 0.275. The predicted octanol–water partition coefficient (Wildman–Crippen LogP) is 2.30. The fraction of sp³-hybridized carbons (Fsp3) is 0.727. The maximum atomic E-state index is 10.6. The van der Waals surface area contributed by atoms with Crippen LogP contribution in [-0.2, 0) is 4.79 Å². The van der Waals surface area contributed by atoms with Crippen LogP contribution in [0.25, 0.3) is 0 Å². The van der Waals surface area contributed by atoms with E-state index in [0.29, 0.717) is 5.92 Å². The second-order valence-electron chi connectivity index (χ2n) is 4.61. The van der Waals surface area contributed by atoms with Crippen molar-refractivity contribution in [3.8, 4) is 0 Å². The summed E-state index contributed by atoms with van der Waals surface area (Å²) in [7, 11) is 0. The third kappa shape index (κ3) is 2.62. The molecule has 94 valence electrons. The fourth-order valence-corrected chi connectivity index (χ4v) is 2.74. The molecule has 17 heavy (non-hydrogen) atoms. The molecule has 1 aromatic rings. The first-order valence-electron chi connectivity index (χ1n) is 5.89. The summed E-state index contributed by atoms with van der Waals surface area (Å²) in [5.41, 5.74) is 0. The zero-order chi connectivity index (χ0) is 12.4. The van der Waals surface area contributed by atoms with Crippen molar-refractivity contribution in [2.45, 2.75) is 50.2 Å². The molecule has 0 atom stereocenters. The summed E-state index contributed by atoms with van der Waals surface area (Å²) in [6.07, 6.45) is 3.61. The Balaban J connectivity index is 2.19. The number of aromatic nitrogens is 3. The van der Waals surface area contributed by atoms with Gasteiger partial charge in [-0.1, -0.05) is 18.2 Å². The molecule has 1 aromatic heterocycles. The van der Waals surface area contributed by atoms with Gasteiger partial charge in [-0.15, -0.1) is 10.2 Å². The van der Waals surface area contributed by atoms with E-state index < -0.39 is 5.97 Å². The second-order valence-corrected chi connectivity index (χ2v) is 5.56. The minimum atomic E-state index is -0.821. The van der Waals surface area contributed by atoms with Gasteiger partial charge < -0.3 is 9.67 Å². The predicted molar refractivity (Wildman–Crippen MR) is 65.4 cm³/mol. The number of hydrogen-bond donors (Lipinski definition) is 1. The van der Waals surface area contributed by atoms with Crippen LogP contribution < -0.4 is 0 Å². The number of carboxylic acid groups (broad SMARTS) is 1. The topological polar surface area (TPSA) is 68.0 Å². The Hall–Kier alpha value is -1.04. The molecule has 1 saturated carbocycles. The molecule has 5 nitrogen and oxygen atoms in total. The van der Waals surface area contributed by atoms with Crippen molar-refractivity contribution >= 4 is 17.7 Å². The van der Waals surface area contributed by atoms with E-state index in [2.05, 4.69) is 28.6 Å². The summed E-state index contributed by atoms with van der Waals surface area (Å²) in [5.74, 6) is 0.761. The highest BCUT2D eigenvalue weighted by Gasteiger charge is 2.27. The van der Waals surface area contributed by atoms with Crippen LogP contribution in [-0.4, -0.2) is 31.6 Å². The van der Waals surface area contributed by atoms with Gasteiger partial charge in [0.05, 0.1) is 5.75 Å². The van der Waals surface area contributed by atoms with Gasteiger partial charge in [0.15, 0.2) is 5.16 Å². The lowest BCUT2D eigenvalue weighted by Gasteiger charge is -2.26. The maximum Gasteiger partial charge on any atom is 0.313 e. The summed E-state index contributed by atoms with van der Waals surface area (Å²) in [5, 5.41) is 17.8. The highest BCUT2D eigenvalue weighted by Crippen LogP contribution is 2.37. The number of rotatable bonds is 5. The lowest BCUT2D eigenvalue weighted by atomic mass is 9.85. The summed E-state index contributed by atoms with van der Waals surface area (Å²) in [6.45, 7) is 4.16. The molecule has 1 fully saturated rings. The molecule has 0 bridgehead atoms. The van der Waals surface area contributed by atoms with Crippen molar-refractivity contribution in [2.75, 3.05) is 5.75 Å². The smallest absolute Gasteiger partial charge is 0.313 e. The highest BCUT2D eigenvalue weighted by molar-refractivity contribution is 7.99. The van der Waals surface area contributed by atoms with E-state index in [0.717, 1.165) is 11.0 Å². The molecule has 0 amide bonds. The van der Waals surface area contributed by atoms with Gasteiger partial charge in [0.2, 0.25) is 0 Å². The molecule has 6 heteroatoms. The highest BCUT2D eigenvalue weighted by atomic mass is 32.2. The Kier molecular flexibility index (Phi) is 3.71. The van der Waals surface area contributed by atoms with Crippen molar-refractivity contribution in [3.63, 3.8) is 0 Å². The number of carboxylic acids is 1. The summed E-state index contributed by atoms with van der Waals surface area (Å²) < 4.78 is 2.08. The molecule has 1 aliphatic rings. The second kappa shape index (κ2) is 5.08. The fourth-order valence-electron chi connectivity index (χ4n) is 1.94. The standard InChI is InChI=1S/C11H17N3O2S/c1-7(2)14-10(8-4-3-5-8)12-13-11(14)17-6-9(15)16/h7-8H,3-6H2,1-2H3,(H,15,16). The lowest BCUT2D eigenvalue weighted by molar-refractivity contribution is -0.133. The van der Waals surface area contributed by atoms with Gasteiger partial charge in [0.1, 0.15) is 5.82 Å². The molecule has 1 aliphatic carbocycles. The van der Waals surface area contributed by atoms with E-state index >= 15 is 0 Å². The van der Waals surface area contributed by atoms with E-state index in [-0.39, 0.29) is 11.8 Å². The van der Waals surface area contributed by atoms with E-state index in [1.165, 1.54) is 31.0 Å². The van der Waals surface area contributed by atoms with Gasteiger partial charge in [-0.2, -0.15) is 0 Å². The van der Waals surface area contributed by atoms with Crippen molar-refractivity contribution in [3.05, 3.63) is 5.82 Å². The van der Waals surface area contributed by atoms with Crippen LogP contribution in [0, 0.1) is 0 Å². The Morgan fingerprint density at radius 1 is 1.53 bits per heavy atom. The Bertz CT molecular complexity index is 413. The molecule has 2 rings (SSSR count). The van der Waals surface area contributed by atoms with Crippen LogP contribution in [0.3, 0.4) is 0 Å².